The first-order chi connectivity index (χ1) is 9.67. The van der Waals surface area contributed by atoms with Gasteiger partial charge in [-0.05, 0) is 36.2 Å². The van der Waals surface area contributed by atoms with Crippen molar-refractivity contribution in [1.82, 2.24) is 10.3 Å². The van der Waals surface area contributed by atoms with E-state index in [-0.39, 0.29) is 6.04 Å². The van der Waals surface area contributed by atoms with Crippen LogP contribution in [0.25, 0.3) is 0 Å². The lowest BCUT2D eigenvalue weighted by Crippen LogP contribution is -2.19. The fourth-order valence-corrected chi connectivity index (χ4v) is 2.33. The topological polar surface area (TPSA) is 34.2 Å². The van der Waals surface area contributed by atoms with Gasteiger partial charge in [0.15, 0.2) is 0 Å². The van der Waals surface area contributed by atoms with E-state index < -0.39 is 0 Å². The van der Waals surface area contributed by atoms with Crippen molar-refractivity contribution in [3.8, 4) is 5.75 Å². The van der Waals surface area contributed by atoms with E-state index in [4.69, 9.17) is 4.74 Å². The van der Waals surface area contributed by atoms with Crippen LogP contribution >= 0.6 is 0 Å². The molecule has 0 aliphatic heterocycles. The number of pyridine rings is 1. The third kappa shape index (κ3) is 2.99. The quantitative estimate of drug-likeness (QED) is 0.902. The number of hydrogen-bond donors (Lipinski definition) is 1. The normalized spacial score (nSPS) is 12.4. The lowest BCUT2D eigenvalue weighted by Gasteiger charge is -2.19. The molecule has 0 radical (unpaired) electrons. The summed E-state index contributed by atoms with van der Waals surface area (Å²) in [7, 11) is 3.62. The average Bonchev–Trinajstić information content (AvgIpc) is 2.49. The third-order valence-electron chi connectivity index (χ3n) is 3.52. The molecule has 1 aromatic heterocycles. The van der Waals surface area contributed by atoms with Crippen LogP contribution in [0.15, 0.2) is 42.6 Å². The monoisotopic (exact) mass is 270 g/mol. The molecule has 1 heterocycles. The van der Waals surface area contributed by atoms with Crippen molar-refractivity contribution in [3.63, 3.8) is 0 Å². The smallest absolute Gasteiger partial charge is 0.142 e. The summed E-state index contributed by atoms with van der Waals surface area (Å²) >= 11 is 0. The molecule has 3 heteroatoms. The van der Waals surface area contributed by atoms with Crippen LogP contribution in [0.3, 0.4) is 0 Å². The van der Waals surface area contributed by atoms with Gasteiger partial charge >= 0.3 is 0 Å². The van der Waals surface area contributed by atoms with E-state index in [0.29, 0.717) is 5.92 Å². The van der Waals surface area contributed by atoms with E-state index in [1.165, 1.54) is 11.1 Å². The number of nitrogens with one attached hydrogen (secondary N) is 1. The Bertz CT molecular complexity index is 549. The van der Waals surface area contributed by atoms with Crippen LogP contribution in [0.5, 0.6) is 5.75 Å². The molecule has 0 saturated carbocycles. The summed E-state index contributed by atoms with van der Waals surface area (Å²) in [4.78, 5) is 4.47. The highest BCUT2D eigenvalue weighted by molar-refractivity contribution is 5.38. The van der Waals surface area contributed by atoms with E-state index in [1.807, 2.05) is 19.2 Å². The van der Waals surface area contributed by atoms with Crippen LogP contribution in [0.1, 0.15) is 42.6 Å². The molecule has 0 aliphatic rings. The Morgan fingerprint density at radius 1 is 1.05 bits per heavy atom. The van der Waals surface area contributed by atoms with Gasteiger partial charge in [0.05, 0.1) is 13.2 Å². The van der Waals surface area contributed by atoms with Gasteiger partial charge in [-0.2, -0.15) is 0 Å². The minimum absolute atomic E-state index is 0.0346. The molecule has 1 atom stereocenters. The number of hydrogen-bond acceptors (Lipinski definition) is 3. The number of benzene rings is 1. The first kappa shape index (κ1) is 14.5. The zero-order chi connectivity index (χ0) is 14.5. The van der Waals surface area contributed by atoms with Crippen LogP contribution in [0, 0.1) is 0 Å². The summed E-state index contributed by atoms with van der Waals surface area (Å²) < 4.78 is 5.41. The van der Waals surface area contributed by atoms with Gasteiger partial charge in [-0.25, -0.2) is 0 Å². The SMILES string of the molecule is CNC(c1ccc(C(C)C)cc1)c1ncccc1OC. The van der Waals surface area contributed by atoms with Gasteiger partial charge in [-0.15, -0.1) is 0 Å². The standard InChI is InChI=1S/C17H22N2O/c1-12(2)13-7-9-14(10-8-13)16(18-3)17-15(20-4)6-5-11-19-17/h5-12,16,18H,1-4H3. The minimum Gasteiger partial charge on any atom is -0.495 e. The molecule has 0 saturated heterocycles. The van der Waals surface area contributed by atoms with Crippen molar-refractivity contribution in [3.05, 3.63) is 59.4 Å². The van der Waals surface area contributed by atoms with E-state index >= 15 is 0 Å². The van der Waals surface area contributed by atoms with Gasteiger partial charge in [0.25, 0.3) is 0 Å². The predicted octanol–water partition coefficient (Wildman–Crippen LogP) is 3.52. The maximum Gasteiger partial charge on any atom is 0.142 e. The molecular weight excluding hydrogens is 248 g/mol. The summed E-state index contributed by atoms with van der Waals surface area (Å²) in [6, 6.07) is 12.5. The summed E-state index contributed by atoms with van der Waals surface area (Å²) in [6.07, 6.45) is 1.80. The van der Waals surface area contributed by atoms with Gasteiger partial charge < -0.3 is 10.1 Å². The Hall–Kier alpha value is -1.87. The minimum atomic E-state index is 0.0346. The van der Waals surface area contributed by atoms with Crippen molar-refractivity contribution in [2.45, 2.75) is 25.8 Å². The Morgan fingerprint density at radius 3 is 2.25 bits per heavy atom. The Balaban J connectivity index is 2.36. The first-order valence-corrected chi connectivity index (χ1v) is 6.93. The van der Waals surface area contributed by atoms with Crippen LogP contribution in [0.4, 0.5) is 0 Å². The Kier molecular flexibility index (Phi) is 4.74. The highest BCUT2D eigenvalue weighted by Crippen LogP contribution is 2.28. The molecule has 0 aliphatic carbocycles. The Labute approximate surface area is 121 Å². The van der Waals surface area contributed by atoms with E-state index in [0.717, 1.165) is 11.4 Å². The highest BCUT2D eigenvalue weighted by atomic mass is 16.5. The summed E-state index contributed by atoms with van der Waals surface area (Å²) in [5.74, 6) is 1.35. The summed E-state index contributed by atoms with van der Waals surface area (Å²) in [5.41, 5.74) is 3.44. The molecule has 2 rings (SSSR count). The van der Waals surface area contributed by atoms with Crippen molar-refractivity contribution in [2.75, 3.05) is 14.2 Å². The zero-order valence-corrected chi connectivity index (χ0v) is 12.6. The molecule has 0 spiro atoms. The van der Waals surface area contributed by atoms with Crippen molar-refractivity contribution in [2.24, 2.45) is 0 Å². The molecule has 1 N–H and O–H groups in total. The first-order valence-electron chi connectivity index (χ1n) is 6.93. The molecular formula is C17H22N2O. The van der Waals surface area contributed by atoms with E-state index in [1.54, 1.807) is 13.3 Å². The Morgan fingerprint density at radius 2 is 1.70 bits per heavy atom. The van der Waals surface area contributed by atoms with Gasteiger partial charge in [0, 0.05) is 6.20 Å². The number of aromatic nitrogens is 1. The molecule has 0 bridgehead atoms. The molecule has 1 unspecified atom stereocenters. The second-order valence-electron chi connectivity index (χ2n) is 5.13. The number of nitrogens with zero attached hydrogens (tertiary/aromatic N) is 1. The lowest BCUT2D eigenvalue weighted by molar-refractivity contribution is 0.401. The number of ether oxygens (including phenoxy) is 1. The average molecular weight is 270 g/mol. The fraction of sp³-hybridized carbons (Fsp3) is 0.353. The van der Waals surface area contributed by atoms with Gasteiger partial charge in [-0.1, -0.05) is 38.1 Å². The molecule has 0 amide bonds. The third-order valence-corrected chi connectivity index (χ3v) is 3.52. The van der Waals surface area contributed by atoms with Crippen LogP contribution < -0.4 is 10.1 Å². The van der Waals surface area contributed by atoms with Crippen LogP contribution in [-0.2, 0) is 0 Å². The van der Waals surface area contributed by atoms with Gasteiger partial charge in [-0.3, -0.25) is 4.98 Å². The van der Waals surface area contributed by atoms with Crippen molar-refractivity contribution in [1.29, 1.82) is 0 Å². The molecule has 106 valence electrons. The maximum absolute atomic E-state index is 5.41. The predicted molar refractivity (Wildman–Crippen MR) is 82.2 cm³/mol. The zero-order valence-electron chi connectivity index (χ0n) is 12.6. The summed E-state index contributed by atoms with van der Waals surface area (Å²) in [5, 5.41) is 3.32. The molecule has 20 heavy (non-hydrogen) atoms. The second kappa shape index (κ2) is 6.53. The maximum atomic E-state index is 5.41. The molecule has 0 fully saturated rings. The van der Waals surface area contributed by atoms with Crippen LogP contribution in [0.2, 0.25) is 0 Å². The largest absolute Gasteiger partial charge is 0.495 e. The van der Waals surface area contributed by atoms with Gasteiger partial charge in [0.2, 0.25) is 0 Å². The highest BCUT2D eigenvalue weighted by Gasteiger charge is 2.17. The molecule has 1 aromatic carbocycles. The van der Waals surface area contributed by atoms with E-state index in [9.17, 15) is 0 Å². The second-order valence-corrected chi connectivity index (χ2v) is 5.13. The molecule has 2 aromatic rings. The van der Waals surface area contributed by atoms with Gasteiger partial charge in [0.1, 0.15) is 11.4 Å². The fourth-order valence-electron chi connectivity index (χ4n) is 2.33. The lowest BCUT2D eigenvalue weighted by atomic mass is 9.97. The summed E-state index contributed by atoms with van der Waals surface area (Å²) in [6.45, 7) is 4.40. The van der Waals surface area contributed by atoms with E-state index in [2.05, 4.69) is 48.4 Å². The number of rotatable bonds is 5. The van der Waals surface area contributed by atoms with Crippen molar-refractivity contribution >= 4 is 0 Å². The molecule has 3 nitrogen and oxygen atoms in total. The van der Waals surface area contributed by atoms with Crippen LogP contribution in [-0.4, -0.2) is 19.1 Å². The van der Waals surface area contributed by atoms with Crippen molar-refractivity contribution < 1.29 is 4.74 Å². The number of methoxy groups -OCH3 is 1.